The highest BCUT2D eigenvalue weighted by atomic mass is 35.5. The van der Waals surface area contributed by atoms with Gasteiger partial charge in [0.1, 0.15) is 5.75 Å². The van der Waals surface area contributed by atoms with Crippen LogP contribution in [-0.2, 0) is 6.54 Å². The van der Waals surface area contributed by atoms with Gasteiger partial charge in [-0.15, -0.1) is 0 Å². The minimum atomic E-state index is 0.243. The van der Waals surface area contributed by atoms with Gasteiger partial charge >= 0.3 is 0 Å². The van der Waals surface area contributed by atoms with E-state index in [4.69, 9.17) is 16.3 Å². The predicted molar refractivity (Wildman–Crippen MR) is 84.6 cm³/mol. The Kier molecular flexibility index (Phi) is 5.30. The van der Waals surface area contributed by atoms with E-state index in [1.54, 1.807) is 7.11 Å². The van der Waals surface area contributed by atoms with E-state index in [1.807, 2.05) is 18.2 Å². The third-order valence-corrected chi connectivity index (χ3v) is 4.84. The molecule has 0 aromatic heterocycles. The Bertz CT molecular complexity index is 446. The molecule has 1 saturated heterocycles. The quantitative estimate of drug-likeness (QED) is 0.902. The van der Waals surface area contributed by atoms with E-state index in [9.17, 15) is 0 Å². The molecule has 0 unspecified atom stereocenters. The fourth-order valence-electron chi connectivity index (χ4n) is 3.01. The van der Waals surface area contributed by atoms with Crippen molar-refractivity contribution in [3.05, 3.63) is 28.8 Å². The summed E-state index contributed by atoms with van der Waals surface area (Å²) in [6.45, 7) is 8.53. The van der Waals surface area contributed by atoms with Crippen LogP contribution in [0.25, 0.3) is 0 Å². The molecule has 1 fully saturated rings. The molecule has 0 atom stereocenters. The van der Waals surface area contributed by atoms with E-state index < -0.39 is 0 Å². The van der Waals surface area contributed by atoms with Crippen molar-refractivity contribution in [2.45, 2.75) is 38.8 Å². The van der Waals surface area contributed by atoms with Crippen molar-refractivity contribution in [2.75, 3.05) is 26.7 Å². The van der Waals surface area contributed by atoms with Crippen LogP contribution in [0.4, 0.5) is 0 Å². The number of nitrogens with zero attached hydrogens (tertiary/aromatic N) is 1. The maximum Gasteiger partial charge on any atom is 0.124 e. The predicted octanol–water partition coefficient (Wildman–Crippen LogP) is 3.31. The second-order valence-electron chi connectivity index (χ2n) is 5.55. The van der Waals surface area contributed by atoms with E-state index in [0.717, 1.165) is 55.4 Å². The van der Waals surface area contributed by atoms with Gasteiger partial charge in [0.05, 0.1) is 7.11 Å². The first-order valence-corrected chi connectivity index (χ1v) is 7.80. The molecule has 0 spiro atoms. The minimum Gasteiger partial charge on any atom is -0.496 e. The van der Waals surface area contributed by atoms with Crippen molar-refractivity contribution in [3.63, 3.8) is 0 Å². The first kappa shape index (κ1) is 15.6. The summed E-state index contributed by atoms with van der Waals surface area (Å²) in [5.41, 5.74) is 1.34. The Morgan fingerprint density at radius 2 is 2.10 bits per heavy atom. The van der Waals surface area contributed by atoms with Gasteiger partial charge < -0.3 is 10.1 Å². The van der Waals surface area contributed by atoms with Crippen LogP contribution in [0.5, 0.6) is 5.75 Å². The molecule has 0 aliphatic carbocycles. The first-order chi connectivity index (χ1) is 9.64. The molecule has 0 amide bonds. The lowest BCUT2D eigenvalue weighted by Crippen LogP contribution is -2.59. The second kappa shape index (κ2) is 6.79. The molecule has 0 bridgehead atoms. The average Bonchev–Trinajstić information content (AvgIpc) is 2.49. The fraction of sp³-hybridized carbons (Fsp3) is 0.625. The van der Waals surface area contributed by atoms with Crippen LogP contribution in [0.3, 0.4) is 0 Å². The standard InChI is InChI=1S/C16H25ClN2O/c1-4-16(5-2)12-19(10-9-18-16)11-13-14(17)7-6-8-15(13)20-3/h6-8,18H,4-5,9-12H2,1-3H3. The number of benzene rings is 1. The highest BCUT2D eigenvalue weighted by Crippen LogP contribution is 2.29. The van der Waals surface area contributed by atoms with E-state index in [1.165, 1.54) is 0 Å². The van der Waals surface area contributed by atoms with E-state index in [2.05, 4.69) is 24.1 Å². The van der Waals surface area contributed by atoms with Crippen molar-refractivity contribution in [2.24, 2.45) is 0 Å². The molecule has 1 aliphatic heterocycles. The van der Waals surface area contributed by atoms with Gasteiger partial charge in [-0.25, -0.2) is 0 Å². The normalized spacial score (nSPS) is 19.0. The fourth-order valence-corrected chi connectivity index (χ4v) is 3.23. The summed E-state index contributed by atoms with van der Waals surface area (Å²) in [6, 6.07) is 5.86. The number of piperazine rings is 1. The van der Waals surface area contributed by atoms with Crippen LogP contribution < -0.4 is 10.1 Å². The van der Waals surface area contributed by atoms with Crippen molar-refractivity contribution in [3.8, 4) is 5.75 Å². The second-order valence-corrected chi connectivity index (χ2v) is 5.95. The van der Waals surface area contributed by atoms with Crippen LogP contribution in [0.1, 0.15) is 32.3 Å². The highest BCUT2D eigenvalue weighted by molar-refractivity contribution is 6.31. The maximum absolute atomic E-state index is 6.34. The lowest BCUT2D eigenvalue weighted by atomic mass is 9.90. The Labute approximate surface area is 127 Å². The number of rotatable bonds is 5. The van der Waals surface area contributed by atoms with Gasteiger partial charge in [-0.05, 0) is 25.0 Å². The van der Waals surface area contributed by atoms with Gasteiger partial charge in [0, 0.05) is 42.3 Å². The van der Waals surface area contributed by atoms with Crippen molar-refractivity contribution >= 4 is 11.6 Å². The third kappa shape index (κ3) is 3.27. The molecule has 1 N–H and O–H groups in total. The van der Waals surface area contributed by atoms with Gasteiger partial charge in [-0.2, -0.15) is 0 Å². The van der Waals surface area contributed by atoms with Gasteiger partial charge in [0.2, 0.25) is 0 Å². The van der Waals surface area contributed by atoms with Crippen LogP contribution in [0.15, 0.2) is 18.2 Å². The molecule has 2 rings (SSSR count). The zero-order valence-electron chi connectivity index (χ0n) is 12.7. The number of nitrogens with one attached hydrogen (secondary N) is 1. The lowest BCUT2D eigenvalue weighted by molar-refractivity contribution is 0.117. The monoisotopic (exact) mass is 296 g/mol. The van der Waals surface area contributed by atoms with Crippen LogP contribution in [0.2, 0.25) is 5.02 Å². The lowest BCUT2D eigenvalue weighted by Gasteiger charge is -2.43. The number of hydrogen-bond acceptors (Lipinski definition) is 3. The zero-order chi connectivity index (χ0) is 14.6. The maximum atomic E-state index is 6.34. The summed E-state index contributed by atoms with van der Waals surface area (Å²) in [6.07, 6.45) is 2.30. The molecule has 1 aliphatic rings. The summed E-state index contributed by atoms with van der Waals surface area (Å²) in [5, 5.41) is 4.48. The van der Waals surface area contributed by atoms with Gasteiger partial charge in [0.15, 0.2) is 0 Å². The first-order valence-electron chi connectivity index (χ1n) is 7.43. The molecule has 1 heterocycles. The van der Waals surface area contributed by atoms with Gasteiger partial charge in [0.25, 0.3) is 0 Å². The molecule has 20 heavy (non-hydrogen) atoms. The van der Waals surface area contributed by atoms with E-state index >= 15 is 0 Å². The van der Waals surface area contributed by atoms with Crippen LogP contribution in [-0.4, -0.2) is 37.2 Å². The minimum absolute atomic E-state index is 0.243. The number of halogens is 1. The zero-order valence-corrected chi connectivity index (χ0v) is 13.5. The van der Waals surface area contributed by atoms with Crippen molar-refractivity contribution in [1.82, 2.24) is 10.2 Å². The molecule has 0 radical (unpaired) electrons. The molecule has 0 saturated carbocycles. The molecule has 1 aromatic carbocycles. The topological polar surface area (TPSA) is 24.5 Å². The van der Waals surface area contributed by atoms with E-state index in [-0.39, 0.29) is 5.54 Å². The summed E-state index contributed by atoms with van der Waals surface area (Å²) in [5.74, 6) is 0.884. The van der Waals surface area contributed by atoms with Crippen LogP contribution in [0, 0.1) is 0 Å². The largest absolute Gasteiger partial charge is 0.496 e. The Morgan fingerprint density at radius 1 is 1.35 bits per heavy atom. The Hall–Kier alpha value is -0.770. The number of hydrogen-bond donors (Lipinski definition) is 1. The Morgan fingerprint density at radius 3 is 2.75 bits per heavy atom. The highest BCUT2D eigenvalue weighted by Gasteiger charge is 2.32. The van der Waals surface area contributed by atoms with Crippen molar-refractivity contribution < 1.29 is 4.74 Å². The summed E-state index contributed by atoms with van der Waals surface area (Å²) in [7, 11) is 1.70. The summed E-state index contributed by atoms with van der Waals surface area (Å²) < 4.78 is 5.45. The number of methoxy groups -OCH3 is 1. The summed E-state index contributed by atoms with van der Waals surface area (Å²) in [4.78, 5) is 2.48. The molecule has 1 aromatic rings. The number of ether oxygens (including phenoxy) is 1. The van der Waals surface area contributed by atoms with Crippen LogP contribution >= 0.6 is 11.6 Å². The molecular formula is C16H25ClN2O. The Balaban J connectivity index is 2.14. The smallest absolute Gasteiger partial charge is 0.124 e. The molecule has 3 nitrogen and oxygen atoms in total. The average molecular weight is 297 g/mol. The van der Waals surface area contributed by atoms with Gasteiger partial charge in [-0.3, -0.25) is 4.90 Å². The summed E-state index contributed by atoms with van der Waals surface area (Å²) >= 11 is 6.34. The molecule has 4 heteroatoms. The van der Waals surface area contributed by atoms with Gasteiger partial charge in [-0.1, -0.05) is 31.5 Å². The third-order valence-electron chi connectivity index (χ3n) is 4.49. The van der Waals surface area contributed by atoms with Crippen molar-refractivity contribution in [1.29, 1.82) is 0 Å². The molecular weight excluding hydrogens is 272 g/mol. The van der Waals surface area contributed by atoms with E-state index in [0.29, 0.717) is 0 Å². The SMILES string of the molecule is CCC1(CC)CN(Cc2c(Cl)cccc2OC)CCN1. The molecule has 112 valence electrons.